The molecule has 0 saturated carbocycles. The van der Waals surface area contributed by atoms with Crippen LogP contribution < -0.4 is 15.4 Å². The summed E-state index contributed by atoms with van der Waals surface area (Å²) in [6, 6.07) is 8.25. The van der Waals surface area contributed by atoms with Gasteiger partial charge in [-0.05, 0) is 18.1 Å². The van der Waals surface area contributed by atoms with E-state index in [0.29, 0.717) is 44.4 Å². The third-order valence-electron chi connectivity index (χ3n) is 5.26. The predicted molar refractivity (Wildman–Crippen MR) is 109 cm³/mol. The Hall–Kier alpha value is -3.69. The summed E-state index contributed by atoms with van der Waals surface area (Å²) < 4.78 is 5.41. The number of aromatic nitrogens is 5. The first-order chi connectivity index (χ1) is 14.7. The third-order valence-corrected chi connectivity index (χ3v) is 5.26. The smallest absolute Gasteiger partial charge is 0.253 e. The van der Waals surface area contributed by atoms with Crippen LogP contribution in [0.5, 0.6) is 5.88 Å². The first-order valence-electron chi connectivity index (χ1n) is 9.97. The average molecular weight is 406 g/mol. The van der Waals surface area contributed by atoms with Gasteiger partial charge in [0.05, 0.1) is 18.8 Å². The summed E-state index contributed by atoms with van der Waals surface area (Å²) in [5.41, 5.74) is 4.31. The van der Waals surface area contributed by atoms with Crippen molar-refractivity contribution in [2.24, 2.45) is 0 Å². The van der Waals surface area contributed by atoms with E-state index >= 15 is 0 Å². The number of nitrogens with one attached hydrogen (secondary N) is 3. The maximum absolute atomic E-state index is 12.5. The number of H-pyrrole nitrogens is 1. The first kappa shape index (κ1) is 18.3. The molecule has 4 heterocycles. The van der Waals surface area contributed by atoms with Crippen LogP contribution in [-0.4, -0.2) is 49.0 Å². The summed E-state index contributed by atoms with van der Waals surface area (Å²) in [7, 11) is 0. The number of hydrogen-bond donors (Lipinski definition) is 3. The minimum atomic E-state index is 0.0595. The van der Waals surface area contributed by atoms with Crippen LogP contribution in [0.25, 0.3) is 0 Å². The average Bonchev–Trinajstić information content (AvgIpc) is 3.49. The van der Waals surface area contributed by atoms with Gasteiger partial charge in [0.2, 0.25) is 11.9 Å². The topological polar surface area (TPSA) is 121 Å². The minimum Gasteiger partial charge on any atom is -0.475 e. The molecule has 2 aliphatic rings. The van der Waals surface area contributed by atoms with Crippen LogP contribution in [0.2, 0.25) is 0 Å². The number of fused-ring (bicyclic) bond motifs is 2. The van der Waals surface area contributed by atoms with Gasteiger partial charge in [-0.1, -0.05) is 18.2 Å². The van der Waals surface area contributed by atoms with Crippen LogP contribution in [-0.2, 0) is 24.3 Å². The number of benzene rings is 1. The van der Waals surface area contributed by atoms with Crippen molar-refractivity contribution in [1.82, 2.24) is 30.3 Å². The zero-order valence-corrected chi connectivity index (χ0v) is 16.3. The molecule has 30 heavy (non-hydrogen) atoms. The molecule has 5 rings (SSSR count). The molecule has 0 aliphatic carbocycles. The van der Waals surface area contributed by atoms with Crippen LogP contribution >= 0.6 is 0 Å². The van der Waals surface area contributed by atoms with E-state index in [0.717, 1.165) is 23.4 Å². The van der Waals surface area contributed by atoms with Crippen molar-refractivity contribution >= 4 is 17.5 Å². The fraction of sp³-hybridized carbons (Fsp3) is 0.350. The molecule has 10 heteroatoms. The van der Waals surface area contributed by atoms with Crippen LogP contribution in [0.3, 0.4) is 0 Å². The highest BCUT2D eigenvalue weighted by molar-refractivity contribution is 5.76. The number of ether oxygens (including phenoxy) is 1. The second kappa shape index (κ2) is 7.97. The molecule has 1 aromatic carbocycles. The standard InChI is InChI=1S/C20H22N8O2/c29-19(6-3-7-30-18-10-22-27-26-18)28-11-14-9-21-20(24-16(14)12-28)25-17-8-13-4-1-2-5-15(13)23-17/h1-2,4-5,9-10,17,23H,3,6-8,11-12H2,(H,21,24,25)(H,22,26,27). The monoisotopic (exact) mass is 406 g/mol. The lowest BCUT2D eigenvalue weighted by Crippen LogP contribution is -2.27. The van der Waals surface area contributed by atoms with Gasteiger partial charge in [-0.2, -0.15) is 10.3 Å². The van der Waals surface area contributed by atoms with Gasteiger partial charge in [-0.25, -0.2) is 9.97 Å². The molecule has 3 aromatic rings. The van der Waals surface area contributed by atoms with Crippen molar-refractivity contribution in [2.75, 3.05) is 17.2 Å². The lowest BCUT2D eigenvalue weighted by Gasteiger charge is -2.15. The van der Waals surface area contributed by atoms with Crippen molar-refractivity contribution in [1.29, 1.82) is 0 Å². The molecule has 10 nitrogen and oxygen atoms in total. The van der Waals surface area contributed by atoms with Crippen molar-refractivity contribution in [2.45, 2.75) is 38.5 Å². The van der Waals surface area contributed by atoms with E-state index in [1.807, 2.05) is 23.2 Å². The number of nitrogens with zero attached hydrogens (tertiary/aromatic N) is 5. The number of anilines is 2. The van der Waals surface area contributed by atoms with E-state index in [2.05, 4.69) is 48.1 Å². The molecule has 2 aromatic heterocycles. The Bertz CT molecular complexity index is 1010. The number of rotatable bonds is 7. The maximum Gasteiger partial charge on any atom is 0.253 e. The Labute approximate surface area is 173 Å². The van der Waals surface area contributed by atoms with E-state index in [-0.39, 0.29) is 12.1 Å². The predicted octanol–water partition coefficient (Wildman–Crippen LogP) is 1.70. The second-order valence-electron chi connectivity index (χ2n) is 7.38. The molecule has 0 saturated heterocycles. The lowest BCUT2D eigenvalue weighted by atomic mass is 10.1. The van der Waals surface area contributed by atoms with Gasteiger partial charge < -0.3 is 20.3 Å². The van der Waals surface area contributed by atoms with Gasteiger partial charge in [0.1, 0.15) is 12.4 Å². The summed E-state index contributed by atoms with van der Waals surface area (Å²) in [4.78, 5) is 23.4. The van der Waals surface area contributed by atoms with E-state index in [9.17, 15) is 4.79 Å². The minimum absolute atomic E-state index is 0.0595. The van der Waals surface area contributed by atoms with Crippen LogP contribution in [0.1, 0.15) is 29.7 Å². The quantitative estimate of drug-likeness (QED) is 0.507. The molecule has 0 radical (unpaired) electrons. The molecule has 154 valence electrons. The number of aromatic amines is 1. The Balaban J connectivity index is 1.12. The number of carbonyl (C=O) groups excluding carboxylic acids is 1. The number of hydrogen-bond acceptors (Lipinski definition) is 8. The molecule has 1 unspecified atom stereocenters. The fourth-order valence-electron chi connectivity index (χ4n) is 3.76. The highest BCUT2D eigenvalue weighted by Gasteiger charge is 2.26. The second-order valence-corrected chi connectivity index (χ2v) is 7.38. The molecule has 1 amide bonds. The van der Waals surface area contributed by atoms with Crippen LogP contribution in [0.4, 0.5) is 11.6 Å². The summed E-state index contributed by atoms with van der Waals surface area (Å²) in [5.74, 6) is 1.10. The fourth-order valence-corrected chi connectivity index (χ4v) is 3.76. The molecule has 1 atom stereocenters. The van der Waals surface area contributed by atoms with Crippen molar-refractivity contribution in [3.05, 3.63) is 53.5 Å². The highest BCUT2D eigenvalue weighted by Crippen LogP contribution is 2.26. The van der Waals surface area contributed by atoms with Crippen LogP contribution in [0.15, 0.2) is 36.7 Å². The van der Waals surface area contributed by atoms with Crippen molar-refractivity contribution < 1.29 is 9.53 Å². The van der Waals surface area contributed by atoms with Crippen molar-refractivity contribution in [3.63, 3.8) is 0 Å². The maximum atomic E-state index is 12.5. The first-order valence-corrected chi connectivity index (χ1v) is 9.97. The summed E-state index contributed by atoms with van der Waals surface area (Å²) in [5, 5.41) is 16.8. The largest absolute Gasteiger partial charge is 0.475 e. The Morgan fingerprint density at radius 1 is 1.23 bits per heavy atom. The number of carbonyl (C=O) groups is 1. The molecule has 0 bridgehead atoms. The Morgan fingerprint density at radius 3 is 3.03 bits per heavy atom. The van der Waals surface area contributed by atoms with Gasteiger partial charge in [0.15, 0.2) is 0 Å². The summed E-state index contributed by atoms with van der Waals surface area (Å²) in [6.07, 6.45) is 5.28. The lowest BCUT2D eigenvalue weighted by molar-refractivity contribution is -0.132. The molecule has 3 N–H and O–H groups in total. The Morgan fingerprint density at radius 2 is 2.17 bits per heavy atom. The van der Waals surface area contributed by atoms with E-state index in [1.165, 1.54) is 11.8 Å². The van der Waals surface area contributed by atoms with Gasteiger partial charge in [-0.3, -0.25) is 4.79 Å². The Kier molecular flexibility index (Phi) is 4.88. The molecular formula is C20H22N8O2. The van der Waals surface area contributed by atoms with Gasteiger partial charge in [0.25, 0.3) is 5.88 Å². The van der Waals surface area contributed by atoms with Gasteiger partial charge >= 0.3 is 0 Å². The number of amides is 1. The molecular weight excluding hydrogens is 384 g/mol. The number of para-hydroxylation sites is 1. The normalized spacial score (nSPS) is 16.7. The van der Waals surface area contributed by atoms with E-state index in [1.54, 1.807) is 0 Å². The summed E-state index contributed by atoms with van der Waals surface area (Å²) >= 11 is 0. The van der Waals surface area contributed by atoms with Gasteiger partial charge in [0, 0.05) is 36.8 Å². The molecule has 0 fully saturated rings. The molecule has 2 aliphatic heterocycles. The zero-order chi connectivity index (χ0) is 20.3. The molecule has 0 spiro atoms. The SMILES string of the molecule is O=C(CCCOc1cn[nH]n1)N1Cc2cnc(NC3Cc4ccccc4N3)nc2C1. The van der Waals surface area contributed by atoms with Gasteiger partial charge in [-0.15, -0.1) is 5.10 Å². The highest BCUT2D eigenvalue weighted by atomic mass is 16.5. The van der Waals surface area contributed by atoms with E-state index in [4.69, 9.17) is 4.74 Å². The van der Waals surface area contributed by atoms with Crippen LogP contribution in [0, 0.1) is 0 Å². The summed E-state index contributed by atoms with van der Waals surface area (Å²) in [6.45, 7) is 1.48. The van der Waals surface area contributed by atoms with Crippen molar-refractivity contribution in [3.8, 4) is 5.88 Å². The third kappa shape index (κ3) is 3.88. The van der Waals surface area contributed by atoms with E-state index < -0.39 is 0 Å². The zero-order valence-electron chi connectivity index (χ0n) is 16.3.